The van der Waals surface area contributed by atoms with Crippen LogP contribution in [0.1, 0.15) is 0 Å². The second-order valence-corrected chi connectivity index (χ2v) is 3.66. The molecule has 0 atom stereocenters. The number of halogens is 4. The molecule has 0 fully saturated rings. The maximum atomic E-state index is 11.9. The maximum absolute atomic E-state index is 11.9. The minimum atomic E-state index is -4.90. The molecule has 1 N–H and O–H groups in total. The summed E-state index contributed by atoms with van der Waals surface area (Å²) in [5.74, 6) is -1.55. The molecule has 1 aromatic carbocycles. The van der Waals surface area contributed by atoms with Gasteiger partial charge in [0.05, 0.1) is 11.6 Å². The average Bonchev–Trinajstić information content (AvgIpc) is 2.16. The highest BCUT2D eigenvalue weighted by atomic mass is 79.9. The van der Waals surface area contributed by atoms with Crippen molar-refractivity contribution in [3.05, 3.63) is 22.7 Å². The molecule has 0 aliphatic rings. The molecule has 0 radical (unpaired) electrons. The predicted octanol–water partition coefficient (Wildman–Crippen LogP) is 2.96. The van der Waals surface area contributed by atoms with E-state index in [4.69, 9.17) is 4.74 Å². The van der Waals surface area contributed by atoms with Gasteiger partial charge in [0.15, 0.2) is 0 Å². The van der Waals surface area contributed by atoms with Gasteiger partial charge in [-0.25, -0.2) is 0 Å². The molecule has 0 aliphatic heterocycles. The summed E-state index contributed by atoms with van der Waals surface area (Å²) in [6.45, 7) is 0. The molecule has 1 rings (SSSR count). The lowest BCUT2D eigenvalue weighted by Crippen LogP contribution is -2.29. The summed E-state index contributed by atoms with van der Waals surface area (Å²) in [4.78, 5) is 10.6. The van der Waals surface area contributed by atoms with Crippen LogP contribution in [0.2, 0.25) is 0 Å². The first kappa shape index (κ1) is 12.8. The van der Waals surface area contributed by atoms with E-state index in [2.05, 4.69) is 15.9 Å². The Morgan fingerprint density at radius 2 is 2.06 bits per heavy atom. The van der Waals surface area contributed by atoms with Crippen LogP contribution in [0.25, 0.3) is 0 Å². The van der Waals surface area contributed by atoms with Gasteiger partial charge in [-0.2, -0.15) is 13.2 Å². The highest BCUT2D eigenvalue weighted by molar-refractivity contribution is 9.10. The van der Waals surface area contributed by atoms with Crippen molar-refractivity contribution in [3.8, 4) is 5.75 Å². The van der Waals surface area contributed by atoms with Crippen molar-refractivity contribution in [2.75, 3.05) is 12.4 Å². The van der Waals surface area contributed by atoms with E-state index in [0.29, 0.717) is 10.2 Å². The summed E-state index contributed by atoms with van der Waals surface area (Å²) < 4.78 is 41.1. The third kappa shape index (κ3) is 3.13. The largest absolute Gasteiger partial charge is 0.496 e. The minimum absolute atomic E-state index is 0.0370. The number of carbonyl (C=O) groups is 1. The Bertz CT molecular complexity index is 406. The normalized spacial score (nSPS) is 11.1. The van der Waals surface area contributed by atoms with Crippen LogP contribution in [-0.4, -0.2) is 19.2 Å². The predicted molar refractivity (Wildman–Crippen MR) is 55.4 cm³/mol. The summed E-state index contributed by atoms with van der Waals surface area (Å²) in [7, 11) is 1.42. The quantitative estimate of drug-likeness (QED) is 0.911. The molecule has 88 valence electrons. The Labute approximate surface area is 97.7 Å². The molecule has 1 aromatic rings. The van der Waals surface area contributed by atoms with Gasteiger partial charge in [0.2, 0.25) is 0 Å². The first-order valence-corrected chi connectivity index (χ1v) is 4.85. The van der Waals surface area contributed by atoms with Crippen LogP contribution >= 0.6 is 15.9 Å². The number of anilines is 1. The van der Waals surface area contributed by atoms with E-state index in [1.807, 2.05) is 0 Å². The zero-order chi connectivity index (χ0) is 12.3. The van der Waals surface area contributed by atoms with E-state index in [9.17, 15) is 18.0 Å². The zero-order valence-electron chi connectivity index (χ0n) is 8.06. The molecule has 7 heteroatoms. The van der Waals surface area contributed by atoms with Crippen LogP contribution in [-0.2, 0) is 4.79 Å². The Kier molecular flexibility index (Phi) is 3.79. The number of amides is 1. The number of rotatable bonds is 2. The fraction of sp³-hybridized carbons (Fsp3) is 0.222. The molecule has 0 spiro atoms. The third-order valence-electron chi connectivity index (χ3n) is 1.67. The van der Waals surface area contributed by atoms with Crippen molar-refractivity contribution in [1.82, 2.24) is 0 Å². The van der Waals surface area contributed by atoms with Gasteiger partial charge in [-0.3, -0.25) is 4.79 Å². The lowest BCUT2D eigenvalue weighted by atomic mass is 10.3. The van der Waals surface area contributed by atoms with Crippen molar-refractivity contribution in [3.63, 3.8) is 0 Å². The molecule has 1 amide bonds. The van der Waals surface area contributed by atoms with Crippen LogP contribution < -0.4 is 10.1 Å². The van der Waals surface area contributed by atoms with Crippen LogP contribution in [0.15, 0.2) is 22.7 Å². The Balaban J connectivity index is 2.84. The smallest absolute Gasteiger partial charge is 0.471 e. The second kappa shape index (κ2) is 4.73. The van der Waals surface area contributed by atoms with Gasteiger partial charge < -0.3 is 10.1 Å². The van der Waals surface area contributed by atoms with Crippen LogP contribution in [0, 0.1) is 0 Å². The minimum Gasteiger partial charge on any atom is -0.496 e. The van der Waals surface area contributed by atoms with Crippen molar-refractivity contribution in [1.29, 1.82) is 0 Å². The molecule has 0 saturated carbocycles. The van der Waals surface area contributed by atoms with E-state index >= 15 is 0 Å². The molecule has 0 aromatic heterocycles. The summed E-state index contributed by atoms with van der Waals surface area (Å²) >= 11 is 3.09. The average molecular weight is 298 g/mol. The zero-order valence-corrected chi connectivity index (χ0v) is 9.65. The number of hydrogen-bond acceptors (Lipinski definition) is 2. The van der Waals surface area contributed by atoms with Crippen molar-refractivity contribution < 1.29 is 22.7 Å². The first-order chi connectivity index (χ1) is 7.34. The molecular weight excluding hydrogens is 291 g/mol. The maximum Gasteiger partial charge on any atom is 0.471 e. The highest BCUT2D eigenvalue weighted by Crippen LogP contribution is 2.28. The number of carbonyl (C=O) groups excluding carboxylic acids is 1. The molecule has 0 unspecified atom stereocenters. The summed E-state index contributed by atoms with van der Waals surface area (Å²) in [5.41, 5.74) is 0.0370. The van der Waals surface area contributed by atoms with E-state index in [-0.39, 0.29) is 5.69 Å². The van der Waals surface area contributed by atoms with Crippen molar-refractivity contribution in [2.45, 2.75) is 6.18 Å². The monoisotopic (exact) mass is 297 g/mol. The summed E-state index contributed by atoms with van der Waals surface area (Å²) in [5, 5.41) is 1.72. The number of alkyl halides is 3. The lowest BCUT2D eigenvalue weighted by Gasteiger charge is -2.09. The second-order valence-electron chi connectivity index (χ2n) is 2.80. The summed E-state index contributed by atoms with van der Waals surface area (Å²) in [6.07, 6.45) is -4.90. The van der Waals surface area contributed by atoms with Gasteiger partial charge in [-0.1, -0.05) is 0 Å². The lowest BCUT2D eigenvalue weighted by molar-refractivity contribution is -0.167. The van der Waals surface area contributed by atoms with E-state index in [1.165, 1.54) is 25.3 Å². The molecule has 0 heterocycles. The number of hydrogen-bond donors (Lipinski definition) is 1. The number of benzene rings is 1. The van der Waals surface area contributed by atoms with Crippen molar-refractivity contribution in [2.24, 2.45) is 0 Å². The standard InChI is InChI=1S/C9H7BrF3NO2/c1-16-7-3-2-5(4-6(7)10)14-8(15)9(11,12)13/h2-4H,1H3,(H,14,15). The van der Waals surface area contributed by atoms with Crippen LogP contribution in [0.5, 0.6) is 5.75 Å². The van der Waals surface area contributed by atoms with E-state index in [0.717, 1.165) is 0 Å². The Morgan fingerprint density at radius 1 is 1.44 bits per heavy atom. The Morgan fingerprint density at radius 3 is 2.50 bits per heavy atom. The first-order valence-electron chi connectivity index (χ1n) is 4.06. The van der Waals surface area contributed by atoms with Gasteiger partial charge in [0.25, 0.3) is 0 Å². The molecule has 16 heavy (non-hydrogen) atoms. The molecular formula is C9H7BrF3NO2. The third-order valence-corrected chi connectivity index (χ3v) is 2.29. The van der Waals surface area contributed by atoms with Gasteiger partial charge in [0.1, 0.15) is 5.75 Å². The molecule has 0 bridgehead atoms. The topological polar surface area (TPSA) is 38.3 Å². The SMILES string of the molecule is COc1ccc(NC(=O)C(F)(F)F)cc1Br. The van der Waals surface area contributed by atoms with Gasteiger partial charge in [-0.05, 0) is 34.1 Å². The molecule has 0 aliphatic carbocycles. The molecule has 0 saturated heterocycles. The van der Waals surface area contributed by atoms with E-state index in [1.54, 1.807) is 5.32 Å². The number of methoxy groups -OCH3 is 1. The summed E-state index contributed by atoms with van der Waals surface area (Å²) in [6, 6.07) is 4.08. The highest BCUT2D eigenvalue weighted by Gasteiger charge is 2.38. The Hall–Kier alpha value is -1.24. The number of ether oxygens (including phenoxy) is 1. The van der Waals surface area contributed by atoms with Crippen LogP contribution in [0.4, 0.5) is 18.9 Å². The van der Waals surface area contributed by atoms with Crippen LogP contribution in [0.3, 0.4) is 0 Å². The molecule has 3 nitrogen and oxygen atoms in total. The van der Waals surface area contributed by atoms with Gasteiger partial charge in [0, 0.05) is 5.69 Å². The van der Waals surface area contributed by atoms with Gasteiger partial charge >= 0.3 is 12.1 Å². The fourth-order valence-corrected chi connectivity index (χ4v) is 1.49. The van der Waals surface area contributed by atoms with Crippen molar-refractivity contribution >= 4 is 27.5 Å². The number of nitrogens with one attached hydrogen (secondary N) is 1. The van der Waals surface area contributed by atoms with E-state index < -0.39 is 12.1 Å². The fourth-order valence-electron chi connectivity index (χ4n) is 0.946. The van der Waals surface area contributed by atoms with Gasteiger partial charge in [-0.15, -0.1) is 0 Å².